The van der Waals surface area contributed by atoms with Crippen molar-refractivity contribution in [1.29, 1.82) is 0 Å². The van der Waals surface area contributed by atoms with Gasteiger partial charge < -0.3 is 11.1 Å². The van der Waals surface area contributed by atoms with Gasteiger partial charge in [-0.15, -0.1) is 36.2 Å². The van der Waals surface area contributed by atoms with Crippen molar-refractivity contribution in [2.45, 2.75) is 18.9 Å². The van der Waals surface area contributed by atoms with Gasteiger partial charge in [-0.3, -0.25) is 4.79 Å². The lowest BCUT2D eigenvalue weighted by Gasteiger charge is -2.10. The van der Waals surface area contributed by atoms with Crippen molar-refractivity contribution in [1.82, 2.24) is 10.3 Å². The van der Waals surface area contributed by atoms with E-state index in [4.69, 9.17) is 28.9 Å². The lowest BCUT2D eigenvalue weighted by molar-refractivity contribution is 0.0946. The minimum Gasteiger partial charge on any atom is -0.349 e. The first kappa shape index (κ1) is 21.5. The topological polar surface area (TPSA) is 68.0 Å². The summed E-state index contributed by atoms with van der Waals surface area (Å²) in [7, 11) is 0. The number of hydrogen-bond donors (Lipinski definition) is 2. The Morgan fingerprint density at radius 3 is 2.71 bits per heavy atom. The van der Waals surface area contributed by atoms with Crippen molar-refractivity contribution in [2.24, 2.45) is 11.7 Å². The maximum atomic E-state index is 12.1. The van der Waals surface area contributed by atoms with Gasteiger partial charge in [0.1, 0.15) is 10.7 Å². The van der Waals surface area contributed by atoms with E-state index < -0.39 is 0 Å². The zero-order valence-corrected chi connectivity index (χ0v) is 16.5. The lowest BCUT2D eigenvalue weighted by atomic mass is 10.2. The molecule has 3 N–H and O–H groups in total. The van der Waals surface area contributed by atoms with Crippen molar-refractivity contribution in [3.63, 3.8) is 0 Å². The number of thiazole rings is 1. The predicted octanol–water partition coefficient (Wildman–Crippen LogP) is 4.43. The molecule has 1 heterocycles. The number of nitrogens with zero attached hydrogens (tertiary/aromatic N) is 1. The van der Waals surface area contributed by atoms with Crippen LogP contribution in [-0.2, 0) is 0 Å². The average molecular weight is 429 g/mol. The number of amides is 1. The van der Waals surface area contributed by atoms with Crippen molar-refractivity contribution in [3.8, 4) is 10.6 Å². The highest BCUT2D eigenvalue weighted by molar-refractivity contribution is 7.13. The Morgan fingerprint density at radius 1 is 1.38 bits per heavy atom. The van der Waals surface area contributed by atoms with Crippen LogP contribution in [0.3, 0.4) is 0 Å². The molecule has 2 aromatic rings. The SMILES string of the molecule is Cl.Cl.NC(CNC(=O)c1csc(-c2ccc(Cl)cc2Cl)n1)C1CC1. The number of nitrogens with two attached hydrogens (primary N) is 1. The minimum atomic E-state index is -0.205. The first-order valence-corrected chi connectivity index (χ1v) is 8.63. The van der Waals surface area contributed by atoms with Gasteiger partial charge in [0.2, 0.25) is 0 Å². The molecule has 1 aromatic heterocycles. The summed E-state index contributed by atoms with van der Waals surface area (Å²) in [6.07, 6.45) is 2.32. The second-order valence-corrected chi connectivity index (χ2v) is 7.08. The Kier molecular flexibility index (Phi) is 8.26. The third-order valence-electron chi connectivity index (χ3n) is 3.62. The van der Waals surface area contributed by atoms with E-state index in [0.717, 1.165) is 18.4 Å². The van der Waals surface area contributed by atoms with E-state index in [1.165, 1.54) is 11.3 Å². The number of hydrogen-bond acceptors (Lipinski definition) is 4. The van der Waals surface area contributed by atoms with E-state index in [2.05, 4.69) is 10.3 Å². The smallest absolute Gasteiger partial charge is 0.270 e. The first-order chi connectivity index (χ1) is 10.5. The fraction of sp³-hybridized carbons (Fsp3) is 0.333. The van der Waals surface area contributed by atoms with Gasteiger partial charge in [-0.05, 0) is 37.0 Å². The Balaban J connectivity index is 0.00000144. The van der Waals surface area contributed by atoms with Gasteiger partial charge in [-0.25, -0.2) is 4.98 Å². The monoisotopic (exact) mass is 427 g/mol. The molecule has 1 aliphatic carbocycles. The van der Waals surface area contributed by atoms with E-state index >= 15 is 0 Å². The molecule has 1 saturated carbocycles. The third-order valence-corrected chi connectivity index (χ3v) is 5.05. The molecular weight excluding hydrogens is 412 g/mol. The highest BCUT2D eigenvalue weighted by Crippen LogP contribution is 2.33. The molecule has 4 nitrogen and oxygen atoms in total. The fourth-order valence-corrected chi connectivity index (χ4v) is 3.55. The quantitative estimate of drug-likeness (QED) is 0.739. The van der Waals surface area contributed by atoms with Crippen LogP contribution in [0.15, 0.2) is 23.6 Å². The Hall–Kier alpha value is -0.560. The Morgan fingerprint density at radius 2 is 2.08 bits per heavy atom. The highest BCUT2D eigenvalue weighted by Gasteiger charge is 2.28. The highest BCUT2D eigenvalue weighted by atomic mass is 35.5. The van der Waals surface area contributed by atoms with Crippen LogP contribution in [0.4, 0.5) is 0 Å². The second kappa shape index (κ2) is 9.22. The minimum absolute atomic E-state index is 0. The van der Waals surface area contributed by atoms with Crippen molar-refractivity contribution >= 4 is 65.3 Å². The normalized spacial score (nSPS) is 14.3. The summed E-state index contributed by atoms with van der Waals surface area (Å²) in [5.41, 5.74) is 7.12. The molecule has 1 fully saturated rings. The molecule has 9 heteroatoms. The molecule has 0 aliphatic heterocycles. The van der Waals surface area contributed by atoms with E-state index in [-0.39, 0.29) is 36.8 Å². The van der Waals surface area contributed by atoms with Crippen LogP contribution < -0.4 is 11.1 Å². The van der Waals surface area contributed by atoms with Crippen LogP contribution in [0, 0.1) is 5.92 Å². The van der Waals surface area contributed by atoms with Gasteiger partial charge in [-0.1, -0.05) is 23.2 Å². The molecule has 0 bridgehead atoms. The summed E-state index contributed by atoms with van der Waals surface area (Å²) < 4.78 is 0. The second-order valence-electron chi connectivity index (χ2n) is 5.37. The molecule has 0 spiro atoms. The Labute approximate surface area is 166 Å². The van der Waals surface area contributed by atoms with Crippen molar-refractivity contribution < 1.29 is 4.79 Å². The summed E-state index contributed by atoms with van der Waals surface area (Å²) in [6, 6.07) is 5.24. The van der Waals surface area contributed by atoms with Gasteiger partial charge in [0.25, 0.3) is 5.91 Å². The van der Waals surface area contributed by atoms with Gasteiger partial charge in [0.05, 0.1) is 5.02 Å². The van der Waals surface area contributed by atoms with Gasteiger partial charge in [0.15, 0.2) is 0 Å². The Bertz CT molecular complexity index is 706. The third kappa shape index (κ3) is 5.22. The summed E-state index contributed by atoms with van der Waals surface area (Å²) in [5, 5.41) is 6.33. The fourth-order valence-electron chi connectivity index (χ4n) is 2.16. The van der Waals surface area contributed by atoms with Gasteiger partial charge in [-0.2, -0.15) is 0 Å². The number of halogens is 4. The molecule has 24 heavy (non-hydrogen) atoms. The van der Waals surface area contributed by atoms with Crippen molar-refractivity contribution in [2.75, 3.05) is 6.54 Å². The number of nitrogens with one attached hydrogen (secondary N) is 1. The molecule has 0 radical (unpaired) electrons. The van der Waals surface area contributed by atoms with Crippen LogP contribution in [-0.4, -0.2) is 23.5 Å². The zero-order chi connectivity index (χ0) is 15.7. The van der Waals surface area contributed by atoms with Gasteiger partial charge in [0, 0.05) is 28.6 Å². The van der Waals surface area contributed by atoms with Crippen LogP contribution in [0.5, 0.6) is 0 Å². The summed E-state index contributed by atoms with van der Waals surface area (Å²) in [5.74, 6) is 0.350. The number of carbonyl (C=O) groups is 1. The van der Waals surface area contributed by atoms with Crippen LogP contribution in [0.25, 0.3) is 10.6 Å². The molecular formula is C15H17Cl4N3OS. The van der Waals surface area contributed by atoms with Crippen molar-refractivity contribution in [3.05, 3.63) is 39.3 Å². The number of benzene rings is 1. The van der Waals surface area contributed by atoms with Crippen LogP contribution in [0.1, 0.15) is 23.3 Å². The lowest BCUT2D eigenvalue weighted by Crippen LogP contribution is -2.38. The largest absolute Gasteiger partial charge is 0.349 e. The summed E-state index contributed by atoms with van der Waals surface area (Å²) in [6.45, 7) is 0.484. The summed E-state index contributed by atoms with van der Waals surface area (Å²) in [4.78, 5) is 16.4. The molecule has 1 atom stereocenters. The average Bonchev–Trinajstić information content (AvgIpc) is 3.22. The standard InChI is InChI=1S/C15H15Cl2N3OS.2ClH/c16-9-3-4-10(11(17)5-9)15-20-13(7-22-15)14(21)19-6-12(18)8-1-2-8;;/h3-5,7-8,12H,1-2,6,18H2,(H,19,21);2*1H. The molecule has 0 saturated heterocycles. The molecule has 132 valence electrons. The van der Waals surface area contributed by atoms with E-state index in [1.807, 2.05) is 0 Å². The van der Waals surface area contributed by atoms with E-state index in [1.54, 1.807) is 23.6 Å². The van der Waals surface area contributed by atoms with Crippen LogP contribution >= 0.6 is 59.4 Å². The number of aromatic nitrogens is 1. The predicted molar refractivity (Wildman–Crippen MR) is 105 cm³/mol. The maximum Gasteiger partial charge on any atom is 0.270 e. The molecule has 3 rings (SSSR count). The number of rotatable bonds is 5. The maximum absolute atomic E-state index is 12.1. The van der Waals surface area contributed by atoms with Crippen LogP contribution in [0.2, 0.25) is 10.0 Å². The molecule has 1 aromatic carbocycles. The van der Waals surface area contributed by atoms with E-state index in [0.29, 0.717) is 33.2 Å². The molecule has 1 unspecified atom stereocenters. The zero-order valence-electron chi connectivity index (χ0n) is 12.5. The van der Waals surface area contributed by atoms with Gasteiger partial charge >= 0.3 is 0 Å². The number of carbonyl (C=O) groups excluding carboxylic acids is 1. The summed E-state index contributed by atoms with van der Waals surface area (Å²) >= 11 is 13.4. The first-order valence-electron chi connectivity index (χ1n) is 6.99. The molecule has 1 aliphatic rings. The van der Waals surface area contributed by atoms with E-state index in [9.17, 15) is 4.79 Å². The molecule has 1 amide bonds.